The van der Waals surface area contributed by atoms with Gasteiger partial charge in [0.25, 0.3) is 0 Å². The average Bonchev–Trinajstić information content (AvgIpc) is 3.11. The Bertz CT molecular complexity index is 1230. The van der Waals surface area contributed by atoms with E-state index in [1.807, 2.05) is 48.1 Å². The van der Waals surface area contributed by atoms with Crippen molar-refractivity contribution >= 4 is 29.1 Å². The minimum atomic E-state index is -0.670. The number of hydrogen-bond acceptors (Lipinski definition) is 6. The minimum Gasteiger partial charge on any atom is -0.461 e. The number of benzene rings is 1. The molecule has 0 fully saturated rings. The summed E-state index contributed by atoms with van der Waals surface area (Å²) in [7, 11) is 1.94. The van der Waals surface area contributed by atoms with E-state index < -0.39 is 5.97 Å². The summed E-state index contributed by atoms with van der Waals surface area (Å²) < 4.78 is 7.09. The fourth-order valence-corrected chi connectivity index (χ4v) is 3.33. The smallest absolute Gasteiger partial charge is 0.360 e. The number of carbonyl (C=O) groups excluding carboxylic acids is 2. The number of carbonyl (C=O) groups is 2. The summed E-state index contributed by atoms with van der Waals surface area (Å²) in [5, 5.41) is 3.44. The molecule has 0 spiro atoms. The van der Waals surface area contributed by atoms with Crippen LogP contribution in [-0.2, 0) is 16.6 Å². The predicted octanol–water partition coefficient (Wildman–Crippen LogP) is 3.44. The molecule has 0 saturated carbocycles. The molecule has 0 radical (unpaired) electrons. The van der Waals surface area contributed by atoms with Gasteiger partial charge in [0.15, 0.2) is 11.5 Å². The number of hydrogen-bond donors (Lipinski definition) is 1. The first kappa shape index (κ1) is 19.3. The van der Waals surface area contributed by atoms with Crippen molar-refractivity contribution in [3.05, 3.63) is 60.6 Å². The van der Waals surface area contributed by atoms with Crippen molar-refractivity contribution in [2.24, 2.45) is 7.05 Å². The molecule has 0 aliphatic carbocycles. The van der Waals surface area contributed by atoms with Crippen molar-refractivity contribution in [1.82, 2.24) is 19.5 Å². The lowest BCUT2D eigenvalue weighted by Gasteiger charge is -2.13. The van der Waals surface area contributed by atoms with E-state index in [0.717, 1.165) is 16.5 Å². The third-order valence-corrected chi connectivity index (χ3v) is 4.62. The summed E-state index contributed by atoms with van der Waals surface area (Å²) in [6, 6.07) is 13.3. The Balaban J connectivity index is 2.04. The van der Waals surface area contributed by atoms with Crippen LogP contribution in [0.2, 0.25) is 0 Å². The van der Waals surface area contributed by atoms with Crippen LogP contribution < -0.4 is 5.32 Å². The van der Waals surface area contributed by atoms with E-state index in [9.17, 15) is 9.59 Å². The fraction of sp³-hybridized carbons (Fsp3) is 0.136. The van der Waals surface area contributed by atoms with E-state index in [1.165, 1.54) is 0 Å². The van der Waals surface area contributed by atoms with Gasteiger partial charge in [-0.25, -0.2) is 14.8 Å². The van der Waals surface area contributed by atoms with Gasteiger partial charge in [-0.1, -0.05) is 24.3 Å². The molecule has 8 nitrogen and oxygen atoms in total. The zero-order valence-electron chi connectivity index (χ0n) is 16.5. The van der Waals surface area contributed by atoms with Crippen molar-refractivity contribution in [2.45, 2.75) is 6.92 Å². The van der Waals surface area contributed by atoms with Gasteiger partial charge in [-0.2, -0.15) is 0 Å². The molecule has 0 aliphatic heterocycles. The first-order chi connectivity index (χ1) is 14.6. The van der Waals surface area contributed by atoms with Gasteiger partial charge in [-0.3, -0.25) is 9.78 Å². The molecule has 150 valence electrons. The van der Waals surface area contributed by atoms with E-state index in [1.54, 1.807) is 25.3 Å². The standard InChI is InChI=1S/C22H19N5O3/c1-3-30-22(29)20-21(24-13-28)26-18(19(25-20)16-9-6-7-11-23-16)15-12-27(2)17-10-5-4-8-14(15)17/h4-13H,3H2,1-2H3,(H,24,26,28). The van der Waals surface area contributed by atoms with E-state index in [-0.39, 0.29) is 18.1 Å². The summed E-state index contributed by atoms with van der Waals surface area (Å²) in [5.41, 5.74) is 3.23. The summed E-state index contributed by atoms with van der Waals surface area (Å²) in [5.74, 6) is -0.637. The highest BCUT2D eigenvalue weighted by Gasteiger charge is 2.24. The third-order valence-electron chi connectivity index (χ3n) is 4.62. The van der Waals surface area contributed by atoms with Gasteiger partial charge in [-0.15, -0.1) is 0 Å². The van der Waals surface area contributed by atoms with Gasteiger partial charge in [0.05, 0.1) is 12.3 Å². The van der Waals surface area contributed by atoms with Crippen LogP contribution in [0, 0.1) is 0 Å². The molecule has 1 aromatic carbocycles. The maximum absolute atomic E-state index is 12.5. The number of aromatic nitrogens is 4. The molecule has 0 unspecified atom stereocenters. The molecule has 3 aromatic heterocycles. The van der Waals surface area contributed by atoms with Crippen LogP contribution >= 0.6 is 0 Å². The number of nitrogens with zero attached hydrogens (tertiary/aromatic N) is 4. The quantitative estimate of drug-likeness (QED) is 0.392. The van der Waals surface area contributed by atoms with Crippen molar-refractivity contribution in [3.8, 4) is 22.6 Å². The number of amides is 1. The predicted molar refractivity (Wildman–Crippen MR) is 113 cm³/mol. The van der Waals surface area contributed by atoms with E-state index in [0.29, 0.717) is 23.5 Å². The number of ether oxygens (including phenoxy) is 1. The number of aryl methyl sites for hydroxylation is 1. The SMILES string of the molecule is CCOC(=O)c1nc(-c2ccccn2)c(-c2cn(C)c3ccccc23)nc1NC=O. The molecular weight excluding hydrogens is 382 g/mol. The van der Waals surface area contributed by atoms with Gasteiger partial charge >= 0.3 is 5.97 Å². The molecule has 0 atom stereocenters. The van der Waals surface area contributed by atoms with Gasteiger partial charge in [0.1, 0.15) is 11.4 Å². The monoisotopic (exact) mass is 401 g/mol. The lowest BCUT2D eigenvalue weighted by molar-refractivity contribution is -0.105. The second-order valence-electron chi connectivity index (χ2n) is 6.49. The molecular formula is C22H19N5O3. The normalized spacial score (nSPS) is 10.7. The Labute approximate surface area is 172 Å². The second kappa shape index (κ2) is 8.12. The highest BCUT2D eigenvalue weighted by atomic mass is 16.5. The molecule has 4 aromatic rings. The molecule has 30 heavy (non-hydrogen) atoms. The second-order valence-corrected chi connectivity index (χ2v) is 6.49. The van der Waals surface area contributed by atoms with Gasteiger partial charge in [0.2, 0.25) is 6.41 Å². The zero-order chi connectivity index (χ0) is 21.1. The number of rotatable bonds is 6. The number of pyridine rings is 1. The zero-order valence-corrected chi connectivity index (χ0v) is 16.5. The van der Waals surface area contributed by atoms with E-state index in [2.05, 4.69) is 20.3 Å². The molecule has 0 saturated heterocycles. The lowest BCUT2D eigenvalue weighted by Crippen LogP contribution is -2.14. The maximum Gasteiger partial charge on any atom is 0.360 e. The van der Waals surface area contributed by atoms with Crippen LogP contribution in [0.4, 0.5) is 5.82 Å². The summed E-state index contributed by atoms with van der Waals surface area (Å²) in [6.07, 6.45) is 4.04. The lowest BCUT2D eigenvalue weighted by atomic mass is 10.1. The Morgan fingerprint density at radius 2 is 1.93 bits per heavy atom. The first-order valence-electron chi connectivity index (χ1n) is 9.39. The Morgan fingerprint density at radius 1 is 1.13 bits per heavy atom. The van der Waals surface area contributed by atoms with E-state index >= 15 is 0 Å². The Morgan fingerprint density at radius 3 is 2.67 bits per heavy atom. The molecule has 1 N–H and O–H groups in total. The Kier molecular flexibility index (Phi) is 5.21. The molecule has 3 heterocycles. The van der Waals surface area contributed by atoms with Crippen molar-refractivity contribution in [3.63, 3.8) is 0 Å². The van der Waals surface area contributed by atoms with Crippen molar-refractivity contribution < 1.29 is 14.3 Å². The number of para-hydroxylation sites is 1. The topological polar surface area (TPSA) is 99.0 Å². The molecule has 1 amide bonds. The van der Waals surface area contributed by atoms with Crippen LogP contribution in [0.25, 0.3) is 33.5 Å². The highest BCUT2D eigenvalue weighted by Crippen LogP contribution is 2.35. The van der Waals surface area contributed by atoms with Gasteiger partial charge < -0.3 is 14.6 Å². The molecule has 4 rings (SSSR count). The largest absolute Gasteiger partial charge is 0.461 e. The van der Waals surface area contributed by atoms with Crippen LogP contribution in [0.15, 0.2) is 54.9 Å². The number of esters is 1. The van der Waals surface area contributed by atoms with Crippen molar-refractivity contribution in [1.29, 1.82) is 0 Å². The van der Waals surface area contributed by atoms with Crippen LogP contribution in [0.5, 0.6) is 0 Å². The molecule has 8 heteroatoms. The number of fused-ring (bicyclic) bond motifs is 1. The molecule has 0 aliphatic rings. The van der Waals surface area contributed by atoms with Gasteiger partial charge in [-0.05, 0) is 25.1 Å². The average molecular weight is 401 g/mol. The third kappa shape index (κ3) is 3.39. The first-order valence-corrected chi connectivity index (χ1v) is 9.39. The molecule has 0 bridgehead atoms. The minimum absolute atomic E-state index is 0.0334. The number of anilines is 1. The Hall–Kier alpha value is -4.07. The fourth-order valence-electron chi connectivity index (χ4n) is 3.33. The number of nitrogens with one attached hydrogen (secondary N) is 1. The summed E-state index contributed by atoms with van der Waals surface area (Å²) in [6.45, 7) is 1.87. The summed E-state index contributed by atoms with van der Waals surface area (Å²) in [4.78, 5) is 37.2. The van der Waals surface area contributed by atoms with Crippen LogP contribution in [0.1, 0.15) is 17.4 Å². The maximum atomic E-state index is 12.5. The summed E-state index contributed by atoms with van der Waals surface area (Å²) >= 11 is 0. The highest BCUT2D eigenvalue weighted by molar-refractivity contribution is 6.01. The van der Waals surface area contributed by atoms with Gasteiger partial charge in [0, 0.05) is 35.9 Å². The van der Waals surface area contributed by atoms with Crippen LogP contribution in [-0.4, -0.2) is 38.5 Å². The van der Waals surface area contributed by atoms with Crippen molar-refractivity contribution in [2.75, 3.05) is 11.9 Å². The van der Waals surface area contributed by atoms with E-state index in [4.69, 9.17) is 4.74 Å². The van der Waals surface area contributed by atoms with Crippen LogP contribution in [0.3, 0.4) is 0 Å².